The van der Waals surface area contributed by atoms with E-state index in [9.17, 15) is 48.1 Å². The molecule has 1 fully saturated rings. The fourth-order valence-electron chi connectivity index (χ4n) is 2.90. The summed E-state index contributed by atoms with van der Waals surface area (Å²) in [4.78, 5) is 22.5. The summed E-state index contributed by atoms with van der Waals surface area (Å²) in [6, 6.07) is -1.64. The number of aliphatic carboxylic acids is 1. The van der Waals surface area contributed by atoms with Crippen LogP contribution in [0.25, 0.3) is 0 Å². The number of carboxylic acids is 1. The molecule has 1 amide bonds. The van der Waals surface area contributed by atoms with Crippen molar-refractivity contribution in [3.8, 4) is 0 Å². The maximum absolute atomic E-state index is 11.5. The molecule has 2 aliphatic rings. The van der Waals surface area contributed by atoms with Crippen LogP contribution in [0.1, 0.15) is 6.92 Å². The summed E-state index contributed by atoms with van der Waals surface area (Å²) in [5, 5.41) is 52.5. The fraction of sp³-hybridized carbons (Fsp3) is 0.714. The van der Waals surface area contributed by atoms with Gasteiger partial charge in [0.05, 0.1) is 6.61 Å². The quantitative estimate of drug-likeness (QED) is 0.123. The molecule has 0 spiro atoms. The zero-order valence-electron chi connectivity index (χ0n) is 17.2. The molecule has 0 aromatic carbocycles. The molecule has 2 aliphatic heterocycles. The summed E-state index contributed by atoms with van der Waals surface area (Å²) in [6.45, 7) is 0.0273. The maximum Gasteiger partial charge on any atom is 1.00 e. The number of nitrogens with one attached hydrogen (secondary N) is 1. The van der Waals surface area contributed by atoms with Gasteiger partial charge in [-0.05, 0) is 6.08 Å². The summed E-state index contributed by atoms with van der Waals surface area (Å²) in [7, 11) is -5.44. The van der Waals surface area contributed by atoms with Crippen molar-refractivity contribution in [1.82, 2.24) is 5.32 Å². The van der Waals surface area contributed by atoms with Crippen LogP contribution in [0, 0.1) is 0 Å². The van der Waals surface area contributed by atoms with Crippen LogP contribution in [0.5, 0.6) is 0 Å². The van der Waals surface area contributed by atoms with Crippen molar-refractivity contribution in [3.63, 3.8) is 0 Å². The van der Waals surface area contributed by atoms with Crippen molar-refractivity contribution in [2.24, 2.45) is 0 Å². The zero-order chi connectivity index (χ0) is 22.8. The third-order valence-corrected chi connectivity index (χ3v) is 4.59. The van der Waals surface area contributed by atoms with Crippen LogP contribution in [-0.2, 0) is 38.4 Å². The minimum Gasteiger partial charge on any atom is -0.726 e. The fourth-order valence-corrected chi connectivity index (χ4v) is 3.40. The van der Waals surface area contributed by atoms with Gasteiger partial charge in [0.15, 0.2) is 6.29 Å². The van der Waals surface area contributed by atoms with E-state index < -0.39 is 83.8 Å². The first-order valence-corrected chi connectivity index (χ1v) is 9.64. The Hall–Kier alpha value is 0.110. The van der Waals surface area contributed by atoms with E-state index in [1.807, 2.05) is 0 Å². The van der Waals surface area contributed by atoms with Crippen LogP contribution >= 0.6 is 0 Å². The Morgan fingerprint density at radius 3 is 2.28 bits per heavy atom. The smallest absolute Gasteiger partial charge is 0.726 e. The Labute approximate surface area is 226 Å². The summed E-state index contributed by atoms with van der Waals surface area (Å²) >= 11 is 0. The molecule has 32 heavy (non-hydrogen) atoms. The van der Waals surface area contributed by atoms with E-state index in [0.29, 0.717) is 6.08 Å². The molecule has 0 radical (unpaired) electrons. The molecule has 2 rings (SSSR count). The van der Waals surface area contributed by atoms with E-state index in [1.165, 1.54) is 0 Å². The number of carbonyl (C=O) groups is 2. The van der Waals surface area contributed by atoms with Gasteiger partial charge in [-0.15, -0.1) is 0 Å². The van der Waals surface area contributed by atoms with Crippen LogP contribution in [0.4, 0.5) is 0 Å². The molecule has 8 atom stereocenters. The molecular weight excluding hydrogens is 484 g/mol. The average molecular weight is 503 g/mol. The standard InChI is InChI=1S/C14H21NO14S.2Na/c1-4(17)15-8-11(10(29-30(23,24)25)7(3-16)26-13(8)22)28-14-9(19)5(18)2-6(27-14)12(20)21;;/h2,5,7-11,13-14,16,18-19,22H,3H2,1H3,(H,15,17)(H,20,21)(H,23,24,25);;/q;2*+1/p-2/t5-,7+,8+,9+,10-,11+,13?,14-;;/m0../s1. The first-order valence-electron chi connectivity index (χ1n) is 8.31. The van der Waals surface area contributed by atoms with Crippen molar-refractivity contribution in [3.05, 3.63) is 11.8 Å². The second-order valence-corrected chi connectivity index (χ2v) is 7.34. The van der Waals surface area contributed by atoms with E-state index in [-0.39, 0.29) is 59.1 Å². The number of hydrogen-bond donors (Lipinski definition) is 5. The largest absolute Gasteiger partial charge is 1.00 e. The number of rotatable bonds is 7. The molecule has 2 heterocycles. The number of aliphatic hydroxyl groups excluding tert-OH is 4. The minimum atomic E-state index is -5.44. The summed E-state index contributed by atoms with van der Waals surface area (Å²) in [5.41, 5.74) is 0. The Balaban J connectivity index is 0.00000480. The van der Waals surface area contributed by atoms with Crippen molar-refractivity contribution in [2.45, 2.75) is 56.1 Å². The van der Waals surface area contributed by atoms with Gasteiger partial charge < -0.3 is 54.4 Å². The van der Waals surface area contributed by atoms with E-state index in [4.69, 9.17) is 14.2 Å². The number of carbonyl (C=O) groups excluding carboxylic acids is 2. The monoisotopic (exact) mass is 503 g/mol. The van der Waals surface area contributed by atoms with Gasteiger partial charge in [0, 0.05) is 6.92 Å². The minimum absolute atomic E-state index is 0. The number of aliphatic hydroxyl groups is 4. The van der Waals surface area contributed by atoms with Crippen molar-refractivity contribution < 1.29 is 126 Å². The van der Waals surface area contributed by atoms with Gasteiger partial charge in [-0.1, -0.05) is 0 Å². The third kappa shape index (κ3) is 8.40. The van der Waals surface area contributed by atoms with Gasteiger partial charge in [-0.3, -0.25) is 8.98 Å². The molecule has 1 saturated heterocycles. The van der Waals surface area contributed by atoms with Gasteiger partial charge in [0.25, 0.3) is 0 Å². The van der Waals surface area contributed by atoms with Gasteiger partial charge in [-0.2, -0.15) is 0 Å². The van der Waals surface area contributed by atoms with E-state index in [0.717, 1.165) is 6.92 Å². The van der Waals surface area contributed by atoms with Crippen LogP contribution in [-0.4, -0.2) is 101 Å². The van der Waals surface area contributed by atoms with Gasteiger partial charge in [0.2, 0.25) is 22.6 Å². The van der Waals surface area contributed by atoms with E-state index in [1.54, 1.807) is 0 Å². The second-order valence-electron chi connectivity index (χ2n) is 6.33. The van der Waals surface area contributed by atoms with Gasteiger partial charge >= 0.3 is 59.1 Å². The molecule has 0 aromatic heterocycles. The first kappa shape index (κ1) is 32.1. The van der Waals surface area contributed by atoms with Crippen molar-refractivity contribution in [1.29, 1.82) is 0 Å². The molecule has 18 heteroatoms. The molecule has 0 aliphatic carbocycles. The molecule has 0 aromatic rings. The average Bonchev–Trinajstić information content (AvgIpc) is 2.61. The number of hydrogen-bond acceptors (Lipinski definition) is 14. The Morgan fingerprint density at radius 1 is 1.22 bits per heavy atom. The maximum atomic E-state index is 11.5. The van der Waals surface area contributed by atoms with Crippen molar-refractivity contribution in [2.75, 3.05) is 6.61 Å². The number of carboxylic acid groups (broad SMARTS) is 1. The van der Waals surface area contributed by atoms with Crippen LogP contribution < -0.4 is 69.5 Å². The van der Waals surface area contributed by atoms with Gasteiger partial charge in [-0.25, -0.2) is 8.42 Å². The number of amides is 1. The second kappa shape index (κ2) is 13.3. The first-order chi connectivity index (χ1) is 13.8. The predicted molar refractivity (Wildman–Crippen MR) is 85.0 cm³/mol. The normalized spacial score (nSPS) is 34.8. The topological polar surface area (TPSA) is 244 Å². The summed E-state index contributed by atoms with van der Waals surface area (Å²) < 4.78 is 52.8. The molecule has 15 nitrogen and oxygen atoms in total. The number of ether oxygens (including phenoxy) is 3. The zero-order valence-corrected chi connectivity index (χ0v) is 22.0. The van der Waals surface area contributed by atoms with Gasteiger partial charge in [0.1, 0.15) is 48.3 Å². The summed E-state index contributed by atoms with van der Waals surface area (Å²) in [5.74, 6) is -3.60. The van der Waals surface area contributed by atoms with Crippen LogP contribution in [0.3, 0.4) is 0 Å². The van der Waals surface area contributed by atoms with Crippen LogP contribution in [0.15, 0.2) is 11.8 Å². The molecular formula is C14H19NNa2O14S. The molecule has 5 N–H and O–H groups in total. The molecule has 172 valence electrons. The SMILES string of the molecule is CC(=O)N[C@H]1C(O)O[C@H](CO)[C@H](OS(=O)(=O)[O-])[C@@H]1O[C@@H]1OC(C(=O)[O-])=C[C@H](O)[C@H]1O.[Na+].[Na+]. The van der Waals surface area contributed by atoms with E-state index >= 15 is 0 Å². The Morgan fingerprint density at radius 2 is 1.81 bits per heavy atom. The third-order valence-electron chi connectivity index (χ3n) is 4.13. The van der Waals surface area contributed by atoms with Crippen LogP contribution in [0.2, 0.25) is 0 Å². The van der Waals surface area contributed by atoms with E-state index in [2.05, 4.69) is 9.50 Å². The summed E-state index contributed by atoms with van der Waals surface area (Å²) in [6.07, 6.45) is -12.6. The van der Waals surface area contributed by atoms with Crippen molar-refractivity contribution >= 4 is 22.3 Å². The predicted octanol–water partition coefficient (Wildman–Crippen LogP) is -11.8. The molecule has 0 bridgehead atoms. The Kier molecular flexibility index (Phi) is 13.3. The molecule has 0 saturated carbocycles. The Bertz CT molecular complexity index is 794. The molecule has 1 unspecified atom stereocenters.